The van der Waals surface area contributed by atoms with Crippen LogP contribution in [0.2, 0.25) is 0 Å². The number of hydrogen-bond donors (Lipinski definition) is 2. The van der Waals surface area contributed by atoms with E-state index >= 15 is 0 Å². The molecular weight excluding hydrogens is 332 g/mol. The van der Waals surface area contributed by atoms with Crippen molar-refractivity contribution in [1.82, 2.24) is 5.48 Å². The van der Waals surface area contributed by atoms with Crippen molar-refractivity contribution in [3.8, 4) is 0 Å². The summed E-state index contributed by atoms with van der Waals surface area (Å²) in [6.45, 7) is 0. The maximum Gasteiger partial charge on any atom is 0.336 e. The molecule has 2 N–H and O–H groups in total. The van der Waals surface area contributed by atoms with Gasteiger partial charge in [-0.15, -0.1) is 0 Å². The summed E-state index contributed by atoms with van der Waals surface area (Å²) in [5.41, 5.74) is 6.63. The van der Waals surface area contributed by atoms with Crippen LogP contribution in [0.25, 0.3) is 0 Å². The number of hydroxylamine groups is 1. The summed E-state index contributed by atoms with van der Waals surface area (Å²) in [7, 11) is 7.70. The number of nitrogens with zero attached hydrogens (tertiary/aromatic N) is 2. The van der Waals surface area contributed by atoms with E-state index in [-0.39, 0.29) is 6.42 Å². The van der Waals surface area contributed by atoms with Gasteiger partial charge >= 0.3 is 5.97 Å². The lowest BCUT2D eigenvalue weighted by atomic mass is 9.99. The first-order valence-electron chi connectivity index (χ1n) is 8.24. The van der Waals surface area contributed by atoms with E-state index in [9.17, 15) is 9.59 Å². The molecule has 136 valence electrons. The molecule has 0 aliphatic carbocycles. The smallest absolute Gasteiger partial charge is 0.336 e. The molecule has 0 aromatic heterocycles. The van der Waals surface area contributed by atoms with Crippen LogP contribution in [0.3, 0.4) is 0 Å². The summed E-state index contributed by atoms with van der Waals surface area (Å²) in [6, 6.07) is 11.6. The van der Waals surface area contributed by atoms with Gasteiger partial charge in [0.1, 0.15) is 0 Å². The van der Waals surface area contributed by atoms with Crippen molar-refractivity contribution in [3.05, 3.63) is 47.5 Å². The van der Waals surface area contributed by atoms with Crippen LogP contribution in [0.4, 0.5) is 22.7 Å². The van der Waals surface area contributed by atoms with Crippen molar-refractivity contribution in [1.29, 1.82) is 0 Å². The zero-order valence-corrected chi connectivity index (χ0v) is 15.3. The predicted molar refractivity (Wildman–Crippen MR) is 102 cm³/mol. The first-order valence-corrected chi connectivity index (χ1v) is 8.24. The third kappa shape index (κ3) is 3.42. The summed E-state index contributed by atoms with van der Waals surface area (Å²) in [4.78, 5) is 33.1. The molecule has 2 aromatic rings. The van der Waals surface area contributed by atoms with E-state index in [1.165, 1.54) is 0 Å². The van der Waals surface area contributed by atoms with Gasteiger partial charge in [-0.1, -0.05) is 0 Å². The zero-order chi connectivity index (χ0) is 18.8. The van der Waals surface area contributed by atoms with Crippen molar-refractivity contribution < 1.29 is 14.4 Å². The molecule has 3 rings (SSSR count). The minimum Gasteiger partial charge on any atom is -0.378 e. The second kappa shape index (κ2) is 6.95. The number of hydrogen-bond acceptors (Lipinski definition) is 6. The summed E-state index contributed by atoms with van der Waals surface area (Å²) in [6.07, 6.45) is 0.0245. The lowest BCUT2D eigenvalue weighted by molar-refractivity contribution is -0.147. The number of anilines is 4. The fourth-order valence-corrected chi connectivity index (χ4v) is 2.93. The highest BCUT2D eigenvalue weighted by Crippen LogP contribution is 2.33. The maximum atomic E-state index is 12.5. The minimum atomic E-state index is -0.493. The van der Waals surface area contributed by atoms with E-state index < -0.39 is 11.9 Å². The molecule has 1 amide bonds. The van der Waals surface area contributed by atoms with Gasteiger partial charge in [-0.3, -0.25) is 4.79 Å². The molecule has 7 nitrogen and oxygen atoms in total. The Morgan fingerprint density at radius 1 is 0.962 bits per heavy atom. The van der Waals surface area contributed by atoms with E-state index in [4.69, 9.17) is 4.84 Å². The maximum absolute atomic E-state index is 12.5. The highest BCUT2D eigenvalue weighted by Gasteiger charge is 2.27. The monoisotopic (exact) mass is 354 g/mol. The van der Waals surface area contributed by atoms with Crippen molar-refractivity contribution in [3.63, 3.8) is 0 Å². The molecule has 0 saturated carbocycles. The molecule has 1 aliphatic heterocycles. The van der Waals surface area contributed by atoms with Gasteiger partial charge in [-0.2, -0.15) is 5.48 Å². The van der Waals surface area contributed by atoms with Crippen LogP contribution in [0.5, 0.6) is 0 Å². The Labute approximate surface area is 152 Å². The number of fused-ring (bicyclic) bond motifs is 1. The molecule has 0 radical (unpaired) electrons. The Balaban J connectivity index is 2.03. The SMILES string of the molecule is CN(C)c1ccc(Nc2ccc(N(C)C)c3c2C(=O)NOC(=O)C3)cc1. The second-order valence-electron chi connectivity index (χ2n) is 6.53. The first kappa shape index (κ1) is 17.6. The van der Waals surface area contributed by atoms with Crippen LogP contribution in [0.15, 0.2) is 36.4 Å². The highest BCUT2D eigenvalue weighted by molar-refractivity contribution is 6.05. The lowest BCUT2D eigenvalue weighted by Crippen LogP contribution is -2.25. The molecule has 0 atom stereocenters. The normalized spacial score (nSPS) is 13.2. The number of rotatable bonds is 4. The van der Waals surface area contributed by atoms with Gasteiger partial charge in [0.15, 0.2) is 0 Å². The molecule has 26 heavy (non-hydrogen) atoms. The quantitative estimate of drug-likeness (QED) is 0.878. The van der Waals surface area contributed by atoms with E-state index in [2.05, 4.69) is 10.8 Å². The van der Waals surface area contributed by atoms with Gasteiger partial charge in [0.05, 0.1) is 17.7 Å². The Kier molecular flexibility index (Phi) is 4.71. The van der Waals surface area contributed by atoms with Gasteiger partial charge in [-0.25, -0.2) is 4.79 Å². The van der Waals surface area contributed by atoms with Gasteiger partial charge < -0.3 is 20.0 Å². The van der Waals surface area contributed by atoms with E-state index in [0.29, 0.717) is 16.8 Å². The predicted octanol–water partition coefficient (Wildman–Crippen LogP) is 2.31. The molecule has 7 heteroatoms. The van der Waals surface area contributed by atoms with Gasteiger partial charge in [-0.05, 0) is 36.4 Å². The van der Waals surface area contributed by atoms with Crippen LogP contribution in [-0.2, 0) is 16.1 Å². The van der Waals surface area contributed by atoms with Crippen LogP contribution < -0.4 is 20.6 Å². The largest absolute Gasteiger partial charge is 0.378 e. The molecule has 0 bridgehead atoms. The summed E-state index contributed by atoms with van der Waals surface area (Å²) in [5, 5.41) is 3.27. The summed E-state index contributed by atoms with van der Waals surface area (Å²) in [5.74, 6) is -0.936. The average Bonchev–Trinajstić information content (AvgIpc) is 2.74. The molecule has 0 fully saturated rings. The molecule has 1 aliphatic rings. The fraction of sp³-hybridized carbons (Fsp3) is 0.263. The molecule has 1 heterocycles. The van der Waals surface area contributed by atoms with Gasteiger partial charge in [0.25, 0.3) is 5.91 Å². The van der Waals surface area contributed by atoms with Crippen LogP contribution >= 0.6 is 0 Å². The third-order valence-corrected chi connectivity index (χ3v) is 4.24. The number of benzene rings is 2. The standard InChI is InChI=1S/C19H22N4O3/c1-22(2)13-7-5-12(6-8-13)20-15-9-10-16(23(3)4)14-11-17(24)26-21-19(25)18(14)15/h5-10,20H,11H2,1-4H3,(H,21,25). The van der Waals surface area contributed by atoms with Crippen molar-refractivity contribution in [2.75, 3.05) is 43.3 Å². The van der Waals surface area contributed by atoms with E-state index in [1.54, 1.807) is 0 Å². The Bertz CT molecular complexity index is 845. The highest BCUT2D eigenvalue weighted by atomic mass is 16.7. The van der Waals surface area contributed by atoms with Crippen LogP contribution in [0.1, 0.15) is 15.9 Å². The number of amides is 1. The number of nitrogens with one attached hydrogen (secondary N) is 2. The topological polar surface area (TPSA) is 73.9 Å². The second-order valence-corrected chi connectivity index (χ2v) is 6.53. The van der Waals surface area contributed by atoms with E-state index in [0.717, 1.165) is 17.1 Å². The van der Waals surface area contributed by atoms with Crippen LogP contribution in [0, 0.1) is 0 Å². The Morgan fingerprint density at radius 2 is 1.65 bits per heavy atom. The Hall–Kier alpha value is -3.22. The number of carbonyl (C=O) groups excluding carboxylic acids is 2. The lowest BCUT2D eigenvalue weighted by Gasteiger charge is -2.21. The minimum absolute atomic E-state index is 0.0245. The number of carbonyl (C=O) groups is 2. The average molecular weight is 354 g/mol. The molecule has 0 saturated heterocycles. The third-order valence-electron chi connectivity index (χ3n) is 4.24. The van der Waals surface area contributed by atoms with Gasteiger partial charge in [0.2, 0.25) is 0 Å². The molecule has 2 aromatic carbocycles. The fourth-order valence-electron chi connectivity index (χ4n) is 2.93. The first-order chi connectivity index (χ1) is 12.4. The van der Waals surface area contributed by atoms with Crippen molar-refractivity contribution >= 4 is 34.6 Å². The molecular formula is C19H22N4O3. The summed E-state index contributed by atoms with van der Waals surface area (Å²) >= 11 is 0. The Morgan fingerprint density at radius 3 is 2.27 bits per heavy atom. The van der Waals surface area contributed by atoms with Gasteiger partial charge in [0, 0.05) is 50.8 Å². The van der Waals surface area contributed by atoms with Crippen LogP contribution in [-0.4, -0.2) is 40.1 Å². The van der Waals surface area contributed by atoms with E-state index in [1.807, 2.05) is 74.4 Å². The van der Waals surface area contributed by atoms with Crippen molar-refractivity contribution in [2.45, 2.75) is 6.42 Å². The molecule has 0 unspecified atom stereocenters. The zero-order valence-electron chi connectivity index (χ0n) is 15.3. The summed E-state index contributed by atoms with van der Waals surface area (Å²) < 4.78 is 0. The molecule has 0 spiro atoms. The van der Waals surface area contributed by atoms with Crippen molar-refractivity contribution in [2.24, 2.45) is 0 Å².